The van der Waals surface area contributed by atoms with Crippen LogP contribution >= 0.6 is 23.4 Å². The van der Waals surface area contributed by atoms with Gasteiger partial charge in [-0.2, -0.15) is 0 Å². The maximum absolute atomic E-state index is 5.91. The number of anilines is 2. The molecule has 0 bridgehead atoms. The summed E-state index contributed by atoms with van der Waals surface area (Å²) in [4.78, 5) is 9.14. The molecular weight excluding hydrogens is 270 g/mol. The zero-order valence-electron chi connectivity index (χ0n) is 9.43. The average Bonchev–Trinajstić information content (AvgIpc) is 2.30. The molecule has 0 unspecified atom stereocenters. The predicted octanol–water partition coefficient (Wildman–Crippen LogP) is 1.90. The Morgan fingerprint density at radius 3 is 2.39 bits per heavy atom. The number of benzene rings is 1. The number of nitrogens with two attached hydrogens (primary N) is 3. The highest BCUT2D eigenvalue weighted by atomic mass is 35.5. The first-order valence-electron chi connectivity index (χ1n) is 5.15. The van der Waals surface area contributed by atoms with Crippen LogP contribution in [0, 0.1) is 0 Å². The van der Waals surface area contributed by atoms with Gasteiger partial charge in [-0.1, -0.05) is 11.6 Å². The van der Waals surface area contributed by atoms with E-state index < -0.39 is 0 Å². The molecule has 94 valence electrons. The predicted molar refractivity (Wildman–Crippen MR) is 74.3 cm³/mol. The van der Waals surface area contributed by atoms with E-state index in [1.54, 1.807) is 6.07 Å². The van der Waals surface area contributed by atoms with Gasteiger partial charge < -0.3 is 17.2 Å². The number of aromatic nitrogens is 2. The molecule has 2 rings (SSSR count). The molecule has 7 heteroatoms. The van der Waals surface area contributed by atoms with E-state index in [9.17, 15) is 0 Å². The molecule has 18 heavy (non-hydrogen) atoms. The van der Waals surface area contributed by atoms with Crippen molar-refractivity contribution in [3.63, 3.8) is 0 Å². The van der Waals surface area contributed by atoms with Gasteiger partial charge in [0.2, 0.25) is 0 Å². The van der Waals surface area contributed by atoms with Gasteiger partial charge in [0.25, 0.3) is 0 Å². The standard InChI is InChI=1S/C11H12ClN5S/c12-7-1-2-8(6(3-7)5-13)18-11-16-9(14)4-10(15)17-11/h1-4H,5,13H2,(H4,14,15,16,17). The molecule has 0 saturated carbocycles. The van der Waals surface area contributed by atoms with Gasteiger partial charge in [0.05, 0.1) is 0 Å². The first-order chi connectivity index (χ1) is 8.58. The van der Waals surface area contributed by atoms with Crippen LogP contribution in [0.4, 0.5) is 11.6 Å². The van der Waals surface area contributed by atoms with E-state index in [1.165, 1.54) is 17.8 Å². The van der Waals surface area contributed by atoms with Gasteiger partial charge >= 0.3 is 0 Å². The van der Waals surface area contributed by atoms with Crippen molar-refractivity contribution in [1.82, 2.24) is 9.97 Å². The molecule has 0 spiro atoms. The summed E-state index contributed by atoms with van der Waals surface area (Å²) in [6.45, 7) is 0.390. The first kappa shape index (κ1) is 12.9. The number of halogens is 1. The van der Waals surface area contributed by atoms with Crippen LogP contribution in [0.3, 0.4) is 0 Å². The minimum atomic E-state index is 0.341. The molecule has 0 amide bonds. The molecule has 1 aromatic heterocycles. The summed E-state index contributed by atoms with van der Waals surface area (Å²) in [5.74, 6) is 0.682. The van der Waals surface area contributed by atoms with Gasteiger partial charge in [-0.05, 0) is 35.5 Å². The van der Waals surface area contributed by atoms with Crippen molar-refractivity contribution in [2.24, 2.45) is 5.73 Å². The van der Waals surface area contributed by atoms with Crippen molar-refractivity contribution in [2.45, 2.75) is 16.6 Å². The summed E-state index contributed by atoms with van der Waals surface area (Å²) in [6.07, 6.45) is 0. The zero-order valence-corrected chi connectivity index (χ0v) is 11.0. The fourth-order valence-corrected chi connectivity index (χ4v) is 2.52. The van der Waals surface area contributed by atoms with Crippen molar-refractivity contribution in [2.75, 3.05) is 11.5 Å². The van der Waals surface area contributed by atoms with E-state index in [4.69, 9.17) is 28.8 Å². The quantitative estimate of drug-likeness (QED) is 0.743. The largest absolute Gasteiger partial charge is 0.383 e. The number of nitrogens with zero attached hydrogens (tertiary/aromatic N) is 2. The van der Waals surface area contributed by atoms with E-state index in [1.807, 2.05) is 12.1 Å². The van der Waals surface area contributed by atoms with Gasteiger partial charge in [0, 0.05) is 22.5 Å². The Bertz CT molecular complexity index is 555. The fraction of sp³-hybridized carbons (Fsp3) is 0.0909. The summed E-state index contributed by atoms with van der Waals surface area (Å²) >= 11 is 7.27. The third kappa shape index (κ3) is 3.04. The first-order valence-corrected chi connectivity index (χ1v) is 6.34. The van der Waals surface area contributed by atoms with Crippen LogP contribution < -0.4 is 17.2 Å². The second-order valence-electron chi connectivity index (χ2n) is 3.56. The Balaban J connectivity index is 2.33. The monoisotopic (exact) mass is 281 g/mol. The summed E-state index contributed by atoms with van der Waals surface area (Å²) in [5, 5.41) is 1.14. The minimum absolute atomic E-state index is 0.341. The summed E-state index contributed by atoms with van der Waals surface area (Å²) < 4.78 is 0. The van der Waals surface area contributed by atoms with E-state index in [0.717, 1.165) is 10.5 Å². The van der Waals surface area contributed by atoms with Gasteiger partial charge in [-0.25, -0.2) is 9.97 Å². The SMILES string of the molecule is NCc1cc(Cl)ccc1Sc1nc(N)cc(N)n1. The van der Waals surface area contributed by atoms with Crippen molar-refractivity contribution in [1.29, 1.82) is 0 Å². The lowest BCUT2D eigenvalue weighted by atomic mass is 10.2. The van der Waals surface area contributed by atoms with Crippen molar-refractivity contribution in [3.05, 3.63) is 34.9 Å². The lowest BCUT2D eigenvalue weighted by Gasteiger charge is -2.07. The van der Waals surface area contributed by atoms with Gasteiger partial charge in [-0.15, -0.1) is 0 Å². The lowest BCUT2D eigenvalue weighted by Crippen LogP contribution is -2.01. The summed E-state index contributed by atoms with van der Waals surface area (Å²) in [6, 6.07) is 6.99. The summed E-state index contributed by atoms with van der Waals surface area (Å²) in [5.41, 5.74) is 17.8. The van der Waals surface area contributed by atoms with E-state index in [-0.39, 0.29) is 0 Å². The average molecular weight is 282 g/mol. The van der Waals surface area contributed by atoms with Crippen LogP contribution in [0.2, 0.25) is 5.02 Å². The van der Waals surface area contributed by atoms with Gasteiger partial charge in [0.15, 0.2) is 5.16 Å². The Labute approximate surface area is 114 Å². The smallest absolute Gasteiger partial charge is 0.196 e. The number of hydrogen-bond donors (Lipinski definition) is 3. The molecule has 0 aliphatic carbocycles. The second kappa shape index (κ2) is 5.43. The molecule has 0 aliphatic heterocycles. The highest BCUT2D eigenvalue weighted by Crippen LogP contribution is 2.30. The normalized spacial score (nSPS) is 10.6. The molecule has 1 heterocycles. The Morgan fingerprint density at radius 1 is 1.11 bits per heavy atom. The van der Waals surface area contributed by atoms with E-state index in [0.29, 0.717) is 28.4 Å². The highest BCUT2D eigenvalue weighted by molar-refractivity contribution is 7.99. The molecule has 6 N–H and O–H groups in total. The maximum Gasteiger partial charge on any atom is 0.196 e. The van der Waals surface area contributed by atoms with Crippen LogP contribution in [0.1, 0.15) is 5.56 Å². The van der Waals surface area contributed by atoms with Crippen molar-refractivity contribution < 1.29 is 0 Å². The summed E-state index contributed by atoms with van der Waals surface area (Å²) in [7, 11) is 0. The topological polar surface area (TPSA) is 104 Å². The molecule has 2 aromatic rings. The molecule has 0 saturated heterocycles. The Morgan fingerprint density at radius 2 is 1.78 bits per heavy atom. The van der Waals surface area contributed by atoms with Crippen LogP contribution in [-0.2, 0) is 6.54 Å². The fourth-order valence-electron chi connectivity index (χ4n) is 1.41. The van der Waals surface area contributed by atoms with Crippen molar-refractivity contribution in [3.8, 4) is 0 Å². The minimum Gasteiger partial charge on any atom is -0.383 e. The molecule has 0 aliphatic rings. The molecule has 0 radical (unpaired) electrons. The van der Waals surface area contributed by atoms with Gasteiger partial charge in [-0.3, -0.25) is 0 Å². The second-order valence-corrected chi connectivity index (χ2v) is 5.00. The molecule has 0 fully saturated rings. The van der Waals surface area contributed by atoms with Crippen LogP contribution in [0.5, 0.6) is 0 Å². The molecule has 0 atom stereocenters. The third-order valence-corrected chi connectivity index (χ3v) is 3.41. The van der Waals surface area contributed by atoms with Crippen LogP contribution in [-0.4, -0.2) is 9.97 Å². The number of rotatable bonds is 3. The lowest BCUT2D eigenvalue weighted by molar-refractivity contribution is 0.975. The highest BCUT2D eigenvalue weighted by Gasteiger charge is 2.07. The third-order valence-electron chi connectivity index (χ3n) is 2.19. The Kier molecular flexibility index (Phi) is 3.90. The molecule has 1 aromatic carbocycles. The molecule has 5 nitrogen and oxygen atoms in total. The van der Waals surface area contributed by atoms with Gasteiger partial charge in [0.1, 0.15) is 11.6 Å². The van der Waals surface area contributed by atoms with E-state index >= 15 is 0 Å². The molecular formula is C11H12ClN5S. The van der Waals surface area contributed by atoms with E-state index in [2.05, 4.69) is 9.97 Å². The Hall–Kier alpha value is -1.50. The van der Waals surface area contributed by atoms with Crippen LogP contribution in [0.25, 0.3) is 0 Å². The zero-order chi connectivity index (χ0) is 13.1. The number of nitrogen functional groups attached to an aromatic ring is 2. The maximum atomic E-state index is 5.91. The number of hydrogen-bond acceptors (Lipinski definition) is 6. The van der Waals surface area contributed by atoms with Crippen LogP contribution in [0.15, 0.2) is 34.3 Å². The van der Waals surface area contributed by atoms with Crippen molar-refractivity contribution >= 4 is 35.0 Å².